The van der Waals surface area contributed by atoms with Crippen molar-refractivity contribution in [3.63, 3.8) is 0 Å². The molecule has 3 heteroatoms. The van der Waals surface area contributed by atoms with Crippen LogP contribution in [0.2, 0.25) is 0 Å². The van der Waals surface area contributed by atoms with Crippen molar-refractivity contribution < 1.29 is 0 Å². The number of nitrogens with zero attached hydrogens (tertiary/aromatic N) is 2. The smallest absolute Gasteiger partial charge is 0.0522 e. The lowest BCUT2D eigenvalue weighted by atomic mass is 9.97. The van der Waals surface area contributed by atoms with Gasteiger partial charge >= 0.3 is 0 Å². The molecule has 1 heterocycles. The van der Waals surface area contributed by atoms with E-state index in [1.807, 2.05) is 17.9 Å². The summed E-state index contributed by atoms with van der Waals surface area (Å²) in [7, 11) is 1.96. The molecular weight excluding hydrogens is 246 g/mol. The van der Waals surface area contributed by atoms with Gasteiger partial charge in [0.2, 0.25) is 0 Å². The largest absolute Gasteiger partial charge is 0.310 e. The first-order chi connectivity index (χ1) is 9.65. The van der Waals surface area contributed by atoms with Crippen molar-refractivity contribution in [2.24, 2.45) is 13.0 Å². The lowest BCUT2D eigenvalue weighted by Gasteiger charge is -2.21. The molecule has 0 saturated heterocycles. The molecule has 1 aromatic heterocycles. The Morgan fingerprint density at radius 3 is 2.55 bits per heavy atom. The van der Waals surface area contributed by atoms with Crippen LogP contribution in [0.1, 0.15) is 37.4 Å². The highest BCUT2D eigenvalue weighted by Gasteiger charge is 2.12. The molecule has 0 saturated carbocycles. The lowest BCUT2D eigenvalue weighted by molar-refractivity contribution is 0.432. The second kappa shape index (κ2) is 7.25. The van der Waals surface area contributed by atoms with Gasteiger partial charge in [-0.25, -0.2) is 0 Å². The van der Waals surface area contributed by atoms with Crippen molar-refractivity contribution in [1.82, 2.24) is 15.1 Å². The van der Waals surface area contributed by atoms with E-state index in [0.717, 1.165) is 19.4 Å². The summed E-state index contributed by atoms with van der Waals surface area (Å²) in [6.45, 7) is 5.54. The molecule has 0 aliphatic rings. The van der Waals surface area contributed by atoms with Crippen molar-refractivity contribution in [3.8, 4) is 0 Å². The second-order valence-corrected chi connectivity index (χ2v) is 5.82. The van der Waals surface area contributed by atoms with Gasteiger partial charge in [-0.2, -0.15) is 5.10 Å². The third-order valence-electron chi connectivity index (χ3n) is 3.47. The van der Waals surface area contributed by atoms with Gasteiger partial charge in [-0.1, -0.05) is 44.2 Å². The summed E-state index contributed by atoms with van der Waals surface area (Å²) in [4.78, 5) is 0. The van der Waals surface area contributed by atoms with Crippen LogP contribution < -0.4 is 5.32 Å². The van der Waals surface area contributed by atoms with E-state index in [2.05, 4.69) is 60.8 Å². The fourth-order valence-corrected chi connectivity index (χ4v) is 2.49. The fraction of sp³-hybridized carbons (Fsp3) is 0.471. The van der Waals surface area contributed by atoms with Gasteiger partial charge in [0, 0.05) is 19.3 Å². The van der Waals surface area contributed by atoms with Gasteiger partial charge in [0.15, 0.2) is 0 Å². The van der Waals surface area contributed by atoms with Crippen LogP contribution in [0, 0.1) is 5.92 Å². The van der Waals surface area contributed by atoms with Gasteiger partial charge in [-0.15, -0.1) is 0 Å². The Hall–Kier alpha value is -1.61. The van der Waals surface area contributed by atoms with Crippen molar-refractivity contribution in [2.75, 3.05) is 6.54 Å². The van der Waals surface area contributed by atoms with Gasteiger partial charge < -0.3 is 5.32 Å². The van der Waals surface area contributed by atoms with Crippen LogP contribution in [-0.4, -0.2) is 16.3 Å². The molecule has 1 unspecified atom stereocenters. The minimum Gasteiger partial charge on any atom is -0.310 e. The van der Waals surface area contributed by atoms with Crippen LogP contribution in [0.15, 0.2) is 42.7 Å². The highest BCUT2D eigenvalue weighted by atomic mass is 15.2. The van der Waals surface area contributed by atoms with Crippen LogP contribution in [0.25, 0.3) is 0 Å². The Morgan fingerprint density at radius 1 is 1.20 bits per heavy atom. The summed E-state index contributed by atoms with van der Waals surface area (Å²) in [5.74, 6) is 0.686. The number of benzene rings is 1. The normalized spacial score (nSPS) is 12.8. The van der Waals surface area contributed by atoms with Gasteiger partial charge in [0.25, 0.3) is 0 Å². The van der Waals surface area contributed by atoms with E-state index in [4.69, 9.17) is 0 Å². The zero-order valence-electron chi connectivity index (χ0n) is 12.7. The topological polar surface area (TPSA) is 29.9 Å². The number of aromatic nitrogens is 2. The molecule has 1 N–H and O–H groups in total. The number of hydrogen-bond acceptors (Lipinski definition) is 2. The minimum atomic E-state index is 0.438. The first-order valence-corrected chi connectivity index (χ1v) is 7.41. The molecule has 2 aromatic rings. The quantitative estimate of drug-likeness (QED) is 0.837. The van der Waals surface area contributed by atoms with Crippen LogP contribution in [0.5, 0.6) is 0 Å². The molecule has 108 valence electrons. The van der Waals surface area contributed by atoms with E-state index in [0.29, 0.717) is 12.0 Å². The van der Waals surface area contributed by atoms with Crippen LogP contribution in [0.3, 0.4) is 0 Å². The Bertz CT molecular complexity index is 502. The Balaban J connectivity index is 1.91. The summed E-state index contributed by atoms with van der Waals surface area (Å²) in [5.41, 5.74) is 2.67. The maximum atomic E-state index is 4.21. The average Bonchev–Trinajstić information content (AvgIpc) is 2.84. The Kier molecular flexibility index (Phi) is 5.36. The summed E-state index contributed by atoms with van der Waals surface area (Å²) in [6, 6.07) is 11.2. The third kappa shape index (κ3) is 4.49. The molecule has 0 amide bonds. The predicted molar refractivity (Wildman–Crippen MR) is 83.6 cm³/mol. The van der Waals surface area contributed by atoms with Gasteiger partial charge in [-0.3, -0.25) is 4.68 Å². The Morgan fingerprint density at radius 2 is 1.95 bits per heavy atom. The van der Waals surface area contributed by atoms with E-state index in [1.54, 1.807) is 0 Å². The van der Waals surface area contributed by atoms with Crippen molar-refractivity contribution in [2.45, 2.75) is 32.7 Å². The Labute approximate surface area is 122 Å². The van der Waals surface area contributed by atoms with Gasteiger partial charge in [0.1, 0.15) is 0 Å². The zero-order valence-corrected chi connectivity index (χ0v) is 12.7. The highest BCUT2D eigenvalue weighted by molar-refractivity contribution is 5.19. The molecule has 1 aromatic carbocycles. The lowest BCUT2D eigenvalue weighted by Crippen LogP contribution is -2.25. The van der Waals surface area contributed by atoms with E-state index in [9.17, 15) is 0 Å². The van der Waals surface area contributed by atoms with E-state index >= 15 is 0 Å². The SMILES string of the molecule is CC(C)CC(NCCc1cnn(C)c1)c1ccccc1. The summed E-state index contributed by atoms with van der Waals surface area (Å²) < 4.78 is 1.86. The standard InChI is InChI=1S/C17H25N3/c1-14(2)11-17(16-7-5-4-6-8-16)18-10-9-15-12-19-20(3)13-15/h4-8,12-14,17-18H,9-11H2,1-3H3. The number of nitrogens with one attached hydrogen (secondary N) is 1. The van der Waals surface area contributed by atoms with Crippen LogP contribution >= 0.6 is 0 Å². The highest BCUT2D eigenvalue weighted by Crippen LogP contribution is 2.20. The van der Waals surface area contributed by atoms with Crippen molar-refractivity contribution in [3.05, 3.63) is 53.9 Å². The fourth-order valence-electron chi connectivity index (χ4n) is 2.49. The summed E-state index contributed by atoms with van der Waals surface area (Å²) in [5, 5.41) is 7.90. The van der Waals surface area contributed by atoms with Crippen molar-refractivity contribution in [1.29, 1.82) is 0 Å². The van der Waals surface area contributed by atoms with E-state index < -0.39 is 0 Å². The van der Waals surface area contributed by atoms with Crippen LogP contribution in [-0.2, 0) is 13.5 Å². The second-order valence-electron chi connectivity index (χ2n) is 5.82. The maximum Gasteiger partial charge on any atom is 0.0522 e. The molecule has 0 fully saturated rings. The molecule has 0 spiro atoms. The van der Waals surface area contributed by atoms with Gasteiger partial charge in [0.05, 0.1) is 6.20 Å². The minimum absolute atomic E-state index is 0.438. The third-order valence-corrected chi connectivity index (χ3v) is 3.47. The van der Waals surface area contributed by atoms with E-state index in [1.165, 1.54) is 11.1 Å². The summed E-state index contributed by atoms with van der Waals surface area (Å²) in [6.07, 6.45) is 6.22. The number of hydrogen-bond donors (Lipinski definition) is 1. The van der Waals surface area contributed by atoms with Crippen LogP contribution in [0.4, 0.5) is 0 Å². The average molecular weight is 271 g/mol. The molecule has 0 bridgehead atoms. The monoisotopic (exact) mass is 271 g/mol. The first-order valence-electron chi connectivity index (χ1n) is 7.41. The molecule has 1 atom stereocenters. The molecule has 20 heavy (non-hydrogen) atoms. The molecule has 0 radical (unpaired) electrons. The first kappa shape index (κ1) is 14.8. The van der Waals surface area contributed by atoms with E-state index in [-0.39, 0.29) is 0 Å². The molecule has 3 nitrogen and oxygen atoms in total. The van der Waals surface area contributed by atoms with Gasteiger partial charge in [-0.05, 0) is 36.4 Å². The zero-order chi connectivity index (χ0) is 14.4. The van der Waals surface area contributed by atoms with Crippen molar-refractivity contribution >= 4 is 0 Å². The molecule has 0 aliphatic carbocycles. The number of aryl methyl sites for hydroxylation is 1. The maximum absolute atomic E-state index is 4.21. The number of rotatable bonds is 7. The molecule has 0 aliphatic heterocycles. The molecular formula is C17H25N3. The summed E-state index contributed by atoms with van der Waals surface area (Å²) >= 11 is 0. The molecule has 2 rings (SSSR count). The predicted octanol–water partition coefficient (Wildman–Crippen LogP) is 3.34.